The molecule has 2 N–H and O–H groups in total. The Hall–Kier alpha value is -0.780. The van der Waals surface area contributed by atoms with Crippen molar-refractivity contribution in [3.05, 3.63) is 59.7 Å². The zero-order valence-electron chi connectivity index (χ0n) is 23.7. The zero-order chi connectivity index (χ0) is 25.8. The zero-order valence-corrected chi connectivity index (χ0v) is 25.5. The second-order valence-corrected chi connectivity index (χ2v) is 19.6. The summed E-state index contributed by atoms with van der Waals surface area (Å²) in [5.74, 6) is 0. The summed E-state index contributed by atoms with van der Waals surface area (Å²) in [6.07, 6.45) is 8.06. The van der Waals surface area contributed by atoms with E-state index in [1.54, 1.807) is 11.1 Å². The number of hydrogen-bond donors (Lipinski definition) is 2. The molecule has 2 aliphatic heterocycles. The van der Waals surface area contributed by atoms with Gasteiger partial charge in [-0.25, -0.2) is 0 Å². The predicted octanol–water partition coefficient (Wildman–Crippen LogP) is 8.42. The molecule has 0 bridgehead atoms. The Morgan fingerprint density at radius 3 is 1.78 bits per heavy atom. The SMILES string of the molecule is CC(C)(C)P(Cc1ccc(-c2ccccc2)cc1CP(C1CCCNC1)C1CCCNC1)C(C)(C)C. The molecule has 0 aromatic heterocycles. The van der Waals surface area contributed by atoms with Crippen LogP contribution in [0.1, 0.15) is 78.4 Å². The minimum absolute atomic E-state index is 0.0697. The highest BCUT2D eigenvalue weighted by atomic mass is 31.1. The predicted molar refractivity (Wildman–Crippen MR) is 164 cm³/mol. The van der Waals surface area contributed by atoms with Gasteiger partial charge >= 0.3 is 0 Å². The van der Waals surface area contributed by atoms with Crippen LogP contribution in [-0.4, -0.2) is 47.8 Å². The first-order valence-electron chi connectivity index (χ1n) is 14.2. The lowest BCUT2D eigenvalue weighted by Crippen LogP contribution is -2.39. The smallest absolute Gasteiger partial charge is 0.00191 e. The maximum absolute atomic E-state index is 3.76. The molecule has 0 saturated carbocycles. The van der Waals surface area contributed by atoms with Crippen molar-refractivity contribution in [3.8, 4) is 11.1 Å². The van der Waals surface area contributed by atoms with Gasteiger partial charge in [-0.2, -0.15) is 0 Å². The van der Waals surface area contributed by atoms with E-state index in [0.29, 0.717) is 10.3 Å². The monoisotopic (exact) mass is 524 g/mol. The number of nitrogens with one attached hydrogen (secondary N) is 2. The van der Waals surface area contributed by atoms with Crippen molar-refractivity contribution in [2.45, 2.75) is 101 Å². The van der Waals surface area contributed by atoms with Gasteiger partial charge < -0.3 is 10.6 Å². The molecule has 2 unspecified atom stereocenters. The van der Waals surface area contributed by atoms with E-state index in [1.807, 2.05) is 0 Å². The third-order valence-electron chi connectivity index (χ3n) is 8.09. The number of benzene rings is 2. The molecule has 198 valence electrons. The Kier molecular flexibility index (Phi) is 9.71. The van der Waals surface area contributed by atoms with Crippen molar-refractivity contribution in [1.82, 2.24) is 10.6 Å². The molecule has 2 aliphatic rings. The van der Waals surface area contributed by atoms with Gasteiger partial charge in [0.2, 0.25) is 0 Å². The summed E-state index contributed by atoms with van der Waals surface area (Å²) in [6.45, 7) is 19.7. The molecule has 0 spiro atoms. The molecule has 0 amide bonds. The third-order valence-corrected chi connectivity index (χ3v) is 15.5. The fourth-order valence-corrected chi connectivity index (χ4v) is 13.5. The Morgan fingerprint density at radius 1 is 0.694 bits per heavy atom. The van der Waals surface area contributed by atoms with Gasteiger partial charge in [0.05, 0.1) is 0 Å². The molecule has 2 heterocycles. The summed E-state index contributed by atoms with van der Waals surface area (Å²) in [4.78, 5) is 0. The normalized spacial score (nSPS) is 22.5. The molecular formula is C32H50N2P2. The van der Waals surface area contributed by atoms with Crippen LogP contribution in [0.4, 0.5) is 0 Å². The van der Waals surface area contributed by atoms with Gasteiger partial charge in [-0.15, -0.1) is 0 Å². The maximum atomic E-state index is 3.76. The summed E-state index contributed by atoms with van der Waals surface area (Å²) in [5.41, 5.74) is 7.74. The van der Waals surface area contributed by atoms with Crippen LogP contribution in [-0.2, 0) is 12.3 Å². The van der Waals surface area contributed by atoms with E-state index >= 15 is 0 Å². The average molecular weight is 525 g/mol. The standard InChI is InChI=1S/C32H50N2P2/c1-31(2,3)36(32(4,5)6)24-27-17-16-26(25-12-8-7-9-13-25)20-28(27)23-35(29-14-10-18-33-21-29)30-15-11-19-34-22-30/h7-9,12-13,16-17,20,29-30,33-34H,10-11,14-15,18-19,21-24H2,1-6H3. The van der Waals surface area contributed by atoms with Gasteiger partial charge in [-0.1, -0.05) is 106 Å². The van der Waals surface area contributed by atoms with Crippen LogP contribution < -0.4 is 10.6 Å². The van der Waals surface area contributed by atoms with Crippen molar-refractivity contribution < 1.29 is 0 Å². The molecule has 36 heavy (non-hydrogen) atoms. The summed E-state index contributed by atoms with van der Waals surface area (Å²) in [6, 6.07) is 18.5. The van der Waals surface area contributed by atoms with E-state index in [1.165, 1.54) is 75.3 Å². The quantitative estimate of drug-likeness (QED) is 0.355. The van der Waals surface area contributed by atoms with Crippen molar-refractivity contribution >= 4 is 15.8 Å². The largest absolute Gasteiger partial charge is 0.316 e. The summed E-state index contributed by atoms with van der Waals surface area (Å²) < 4.78 is 0. The molecule has 2 aromatic rings. The highest BCUT2D eigenvalue weighted by Gasteiger charge is 2.36. The summed E-state index contributed by atoms with van der Waals surface area (Å²) in [7, 11) is -0.240. The summed E-state index contributed by atoms with van der Waals surface area (Å²) >= 11 is 0. The first-order valence-corrected chi connectivity index (χ1v) is 17.4. The van der Waals surface area contributed by atoms with Crippen molar-refractivity contribution in [3.63, 3.8) is 0 Å². The molecule has 2 nitrogen and oxygen atoms in total. The Labute approximate surface area is 224 Å². The van der Waals surface area contributed by atoms with E-state index in [4.69, 9.17) is 0 Å². The second-order valence-electron chi connectivity index (χ2n) is 12.9. The minimum atomic E-state index is -0.171. The highest BCUT2D eigenvalue weighted by molar-refractivity contribution is 7.60. The molecule has 4 heteroatoms. The Bertz CT molecular complexity index is 916. The average Bonchev–Trinajstić information content (AvgIpc) is 2.86. The van der Waals surface area contributed by atoms with Crippen LogP contribution in [0, 0.1) is 0 Å². The van der Waals surface area contributed by atoms with E-state index in [9.17, 15) is 0 Å². The Balaban J connectivity index is 1.72. The number of rotatable bonds is 7. The molecule has 2 fully saturated rings. The van der Waals surface area contributed by atoms with Crippen molar-refractivity contribution in [1.29, 1.82) is 0 Å². The van der Waals surface area contributed by atoms with Crippen LogP contribution >= 0.6 is 15.8 Å². The van der Waals surface area contributed by atoms with Crippen LogP contribution in [0.5, 0.6) is 0 Å². The van der Waals surface area contributed by atoms with E-state index < -0.39 is 0 Å². The van der Waals surface area contributed by atoms with Gasteiger partial charge in [0.1, 0.15) is 0 Å². The fourth-order valence-electron chi connectivity index (χ4n) is 6.37. The summed E-state index contributed by atoms with van der Waals surface area (Å²) in [5, 5.41) is 8.21. The first-order chi connectivity index (χ1) is 17.1. The lowest BCUT2D eigenvalue weighted by molar-refractivity contribution is 0.500. The Morgan fingerprint density at radius 2 is 1.28 bits per heavy atom. The molecule has 0 radical (unpaired) electrons. The molecule has 2 aromatic carbocycles. The fraction of sp³-hybridized carbons (Fsp3) is 0.625. The van der Waals surface area contributed by atoms with Gasteiger partial charge in [-0.05, 0) is 95.0 Å². The number of piperidine rings is 2. The number of hydrogen-bond acceptors (Lipinski definition) is 2. The molecule has 4 rings (SSSR count). The third kappa shape index (κ3) is 7.41. The minimum Gasteiger partial charge on any atom is -0.316 e. The lowest BCUT2D eigenvalue weighted by Gasteiger charge is -2.42. The molecule has 0 aliphatic carbocycles. The van der Waals surface area contributed by atoms with Crippen LogP contribution in [0.15, 0.2) is 48.5 Å². The maximum Gasteiger partial charge on any atom is 0.00191 e. The van der Waals surface area contributed by atoms with Crippen molar-refractivity contribution in [2.75, 3.05) is 26.2 Å². The first kappa shape index (κ1) is 28.2. The van der Waals surface area contributed by atoms with E-state index in [2.05, 4.69) is 101 Å². The topological polar surface area (TPSA) is 24.1 Å². The van der Waals surface area contributed by atoms with Crippen LogP contribution in [0.2, 0.25) is 0 Å². The van der Waals surface area contributed by atoms with E-state index in [0.717, 1.165) is 11.3 Å². The van der Waals surface area contributed by atoms with Crippen LogP contribution in [0.3, 0.4) is 0 Å². The molecular weight excluding hydrogens is 474 g/mol. The van der Waals surface area contributed by atoms with Crippen LogP contribution in [0.25, 0.3) is 11.1 Å². The lowest BCUT2D eigenvalue weighted by atomic mass is 10.0. The van der Waals surface area contributed by atoms with Gasteiger partial charge in [0, 0.05) is 13.1 Å². The molecule has 2 atom stereocenters. The van der Waals surface area contributed by atoms with Gasteiger partial charge in [-0.3, -0.25) is 0 Å². The highest BCUT2D eigenvalue weighted by Crippen LogP contribution is 2.62. The van der Waals surface area contributed by atoms with Gasteiger partial charge in [0.15, 0.2) is 0 Å². The van der Waals surface area contributed by atoms with Gasteiger partial charge in [0.25, 0.3) is 0 Å². The van der Waals surface area contributed by atoms with Crippen molar-refractivity contribution in [2.24, 2.45) is 0 Å². The molecule has 2 saturated heterocycles. The van der Waals surface area contributed by atoms with E-state index in [-0.39, 0.29) is 15.8 Å². The second kappa shape index (κ2) is 12.4.